The van der Waals surface area contributed by atoms with E-state index in [2.05, 4.69) is 0 Å². The maximum absolute atomic E-state index is 13.4. The molecule has 0 saturated carbocycles. The molecule has 0 aromatic heterocycles. The quantitative estimate of drug-likeness (QED) is 0.222. The molecule has 0 spiro atoms. The van der Waals surface area contributed by atoms with Crippen LogP contribution < -0.4 is 0 Å². The lowest BCUT2D eigenvalue weighted by molar-refractivity contribution is -0.154. The lowest BCUT2D eigenvalue weighted by Gasteiger charge is -2.25. The number of amides is 2. The maximum atomic E-state index is 13.4. The van der Waals surface area contributed by atoms with Crippen LogP contribution in [0.5, 0.6) is 0 Å². The van der Waals surface area contributed by atoms with E-state index in [1.165, 1.54) is 12.0 Å². The zero-order valence-corrected chi connectivity index (χ0v) is 21.5. The highest BCUT2D eigenvalue weighted by Gasteiger charge is 2.29. The standard InChI is InChI=1S/C27H41NO6/c1-21(2)20-23(14-10-11-15-24(29)34-27(3,4)5)25(30)28(26(31)33-19-18-32-6)17-16-22-12-8-7-9-13-22/h7-10,12-14,21,23H,11,15-20H2,1-6H3/t23-/m0/s1. The van der Waals surface area contributed by atoms with Crippen molar-refractivity contribution in [3.05, 3.63) is 48.0 Å². The summed E-state index contributed by atoms with van der Waals surface area (Å²) >= 11 is 0. The van der Waals surface area contributed by atoms with E-state index in [1.807, 2.05) is 71.0 Å². The van der Waals surface area contributed by atoms with Crippen LogP contribution in [0, 0.1) is 11.8 Å². The van der Waals surface area contributed by atoms with Gasteiger partial charge in [-0.25, -0.2) is 9.69 Å². The zero-order valence-electron chi connectivity index (χ0n) is 21.5. The average molecular weight is 476 g/mol. The first-order chi connectivity index (χ1) is 16.0. The molecule has 0 aliphatic heterocycles. The number of esters is 1. The summed E-state index contributed by atoms with van der Waals surface area (Å²) in [6.07, 6.45) is 4.74. The van der Waals surface area contributed by atoms with Crippen LogP contribution in [0.15, 0.2) is 42.5 Å². The van der Waals surface area contributed by atoms with Crippen molar-refractivity contribution in [1.29, 1.82) is 0 Å². The molecule has 0 aliphatic rings. The fourth-order valence-corrected chi connectivity index (χ4v) is 3.29. The molecule has 34 heavy (non-hydrogen) atoms. The minimum atomic E-state index is -0.672. The second kappa shape index (κ2) is 15.3. The summed E-state index contributed by atoms with van der Waals surface area (Å²) in [4.78, 5) is 39.3. The summed E-state index contributed by atoms with van der Waals surface area (Å²) in [7, 11) is 1.52. The summed E-state index contributed by atoms with van der Waals surface area (Å²) in [5.74, 6) is -0.843. The third-order valence-electron chi connectivity index (χ3n) is 4.81. The molecule has 0 bridgehead atoms. The predicted molar refractivity (Wildman–Crippen MR) is 132 cm³/mol. The van der Waals surface area contributed by atoms with Gasteiger partial charge in [-0.2, -0.15) is 0 Å². The van der Waals surface area contributed by atoms with Gasteiger partial charge >= 0.3 is 12.1 Å². The number of methoxy groups -OCH3 is 1. The van der Waals surface area contributed by atoms with Crippen LogP contribution in [0.4, 0.5) is 4.79 Å². The second-order valence-electron chi connectivity index (χ2n) is 9.62. The summed E-state index contributed by atoms with van der Waals surface area (Å²) < 4.78 is 15.5. The highest BCUT2D eigenvalue weighted by molar-refractivity contribution is 5.94. The average Bonchev–Trinajstić information content (AvgIpc) is 2.75. The summed E-state index contributed by atoms with van der Waals surface area (Å²) in [6.45, 7) is 10.1. The Morgan fingerprint density at radius 1 is 1.06 bits per heavy atom. The molecule has 0 aliphatic carbocycles. The number of allylic oxidation sites excluding steroid dienone is 1. The van der Waals surface area contributed by atoms with Crippen LogP contribution in [-0.4, -0.2) is 55.3 Å². The van der Waals surface area contributed by atoms with Gasteiger partial charge in [-0.1, -0.05) is 56.3 Å². The molecule has 1 aromatic rings. The van der Waals surface area contributed by atoms with Gasteiger partial charge in [-0.3, -0.25) is 9.59 Å². The monoisotopic (exact) mass is 475 g/mol. The normalized spacial score (nSPS) is 12.6. The van der Waals surface area contributed by atoms with Crippen molar-refractivity contribution in [1.82, 2.24) is 4.90 Å². The molecule has 1 rings (SSSR count). The van der Waals surface area contributed by atoms with Crippen molar-refractivity contribution in [2.24, 2.45) is 11.8 Å². The predicted octanol–water partition coefficient (Wildman–Crippen LogP) is 5.18. The highest BCUT2D eigenvalue weighted by Crippen LogP contribution is 2.19. The second-order valence-corrected chi connectivity index (χ2v) is 9.62. The van der Waals surface area contributed by atoms with Crippen molar-refractivity contribution in [3.63, 3.8) is 0 Å². The Hall–Kier alpha value is -2.67. The Labute approximate surface area is 204 Å². The van der Waals surface area contributed by atoms with Crippen LogP contribution in [-0.2, 0) is 30.2 Å². The molecule has 2 amide bonds. The molecule has 7 heteroatoms. The number of nitrogens with zero attached hydrogens (tertiary/aromatic N) is 1. The molecule has 190 valence electrons. The molecular formula is C27H41NO6. The third-order valence-corrected chi connectivity index (χ3v) is 4.81. The smallest absolute Gasteiger partial charge is 0.416 e. The molecule has 7 nitrogen and oxygen atoms in total. The molecule has 1 atom stereocenters. The molecule has 1 aromatic carbocycles. The van der Waals surface area contributed by atoms with Crippen LogP contribution in [0.2, 0.25) is 0 Å². The summed E-state index contributed by atoms with van der Waals surface area (Å²) in [5.41, 5.74) is 0.498. The molecule has 0 saturated heterocycles. The van der Waals surface area contributed by atoms with E-state index >= 15 is 0 Å². The van der Waals surface area contributed by atoms with Crippen molar-refractivity contribution >= 4 is 18.0 Å². The van der Waals surface area contributed by atoms with Gasteiger partial charge in [0.05, 0.1) is 12.5 Å². The van der Waals surface area contributed by atoms with Crippen LogP contribution >= 0.6 is 0 Å². The number of imide groups is 1. The minimum Gasteiger partial charge on any atom is -0.460 e. The molecular weight excluding hydrogens is 434 g/mol. The number of carbonyl (C=O) groups excluding carboxylic acids is 3. The highest BCUT2D eigenvalue weighted by atomic mass is 16.6. The first kappa shape index (κ1) is 29.4. The maximum Gasteiger partial charge on any atom is 0.416 e. The molecule has 0 heterocycles. The first-order valence-corrected chi connectivity index (χ1v) is 11.9. The summed E-state index contributed by atoms with van der Waals surface area (Å²) in [5, 5.41) is 0. The lowest BCUT2D eigenvalue weighted by Crippen LogP contribution is -2.42. The summed E-state index contributed by atoms with van der Waals surface area (Å²) in [6, 6.07) is 9.69. The van der Waals surface area contributed by atoms with E-state index in [-0.39, 0.29) is 44.0 Å². The number of benzene rings is 1. The van der Waals surface area contributed by atoms with Gasteiger partial charge < -0.3 is 14.2 Å². The molecule has 0 fully saturated rings. The van der Waals surface area contributed by atoms with Gasteiger partial charge in [-0.15, -0.1) is 0 Å². The van der Waals surface area contributed by atoms with E-state index in [1.54, 1.807) is 6.08 Å². The van der Waals surface area contributed by atoms with Crippen LogP contribution in [0.3, 0.4) is 0 Å². The van der Waals surface area contributed by atoms with Crippen molar-refractivity contribution in [2.45, 2.75) is 65.9 Å². The Balaban J connectivity index is 2.91. The zero-order chi connectivity index (χ0) is 25.6. The lowest BCUT2D eigenvalue weighted by atomic mass is 9.94. The van der Waals surface area contributed by atoms with Crippen LogP contribution in [0.1, 0.15) is 59.4 Å². The largest absolute Gasteiger partial charge is 0.460 e. The molecule has 0 unspecified atom stereocenters. The number of hydrogen-bond acceptors (Lipinski definition) is 6. The molecule has 0 radical (unpaired) electrons. The number of hydrogen-bond donors (Lipinski definition) is 0. The fourth-order valence-electron chi connectivity index (χ4n) is 3.29. The Kier molecular flexibility index (Phi) is 13.2. The Bertz CT molecular complexity index is 782. The Morgan fingerprint density at radius 3 is 2.32 bits per heavy atom. The van der Waals surface area contributed by atoms with E-state index in [0.717, 1.165) is 5.56 Å². The van der Waals surface area contributed by atoms with Gasteiger partial charge in [0.2, 0.25) is 5.91 Å². The van der Waals surface area contributed by atoms with E-state index < -0.39 is 17.6 Å². The van der Waals surface area contributed by atoms with Gasteiger partial charge in [0, 0.05) is 20.1 Å². The van der Waals surface area contributed by atoms with Gasteiger partial charge in [-0.05, 0) is 51.5 Å². The van der Waals surface area contributed by atoms with E-state index in [9.17, 15) is 14.4 Å². The Morgan fingerprint density at radius 2 is 1.74 bits per heavy atom. The number of carbonyl (C=O) groups is 3. The van der Waals surface area contributed by atoms with Gasteiger partial charge in [0.1, 0.15) is 12.2 Å². The van der Waals surface area contributed by atoms with Gasteiger partial charge in [0.25, 0.3) is 0 Å². The number of rotatable bonds is 13. The number of ether oxygens (including phenoxy) is 3. The molecule has 0 N–H and O–H groups in total. The minimum absolute atomic E-state index is 0.0744. The van der Waals surface area contributed by atoms with E-state index in [4.69, 9.17) is 14.2 Å². The topological polar surface area (TPSA) is 82.1 Å². The van der Waals surface area contributed by atoms with Gasteiger partial charge in [0.15, 0.2) is 0 Å². The fraction of sp³-hybridized carbons (Fsp3) is 0.593. The van der Waals surface area contributed by atoms with E-state index in [0.29, 0.717) is 19.3 Å². The third kappa shape index (κ3) is 12.5. The first-order valence-electron chi connectivity index (χ1n) is 11.9. The van der Waals surface area contributed by atoms with Crippen LogP contribution in [0.25, 0.3) is 0 Å². The SMILES string of the molecule is COCCOC(=O)N(CCc1ccccc1)C(=O)[C@@H](C=CCCC(=O)OC(C)(C)C)CC(C)C. The van der Waals surface area contributed by atoms with Crippen molar-refractivity contribution < 1.29 is 28.6 Å². The van der Waals surface area contributed by atoms with Crippen molar-refractivity contribution in [3.8, 4) is 0 Å². The van der Waals surface area contributed by atoms with Crippen molar-refractivity contribution in [2.75, 3.05) is 26.9 Å².